The number of anilines is 1. The van der Waals surface area contributed by atoms with E-state index in [1.807, 2.05) is 32.0 Å². The van der Waals surface area contributed by atoms with Crippen molar-refractivity contribution in [3.05, 3.63) is 64.5 Å². The molecule has 0 saturated carbocycles. The molecule has 0 aliphatic heterocycles. The molecule has 1 amide bonds. The first-order valence-electron chi connectivity index (χ1n) is 9.71. The highest BCUT2D eigenvalue weighted by Crippen LogP contribution is 2.19. The molecule has 142 valence electrons. The van der Waals surface area contributed by atoms with Gasteiger partial charge in [-0.1, -0.05) is 41.5 Å². The standard InChI is InChI=1S/C22H28N4O/c1-16-7-6-10-19(13-16)15-24-21(27)20-14-17(2)25-22(26-20)23-12-11-18-8-4-3-5-9-18/h6-8,10,13-14H,3-5,9,11-12,15H2,1-2H3,(H,24,27)(H,23,25,26). The number of allylic oxidation sites excluding steroid dienone is 1. The molecule has 0 bridgehead atoms. The second-order valence-electron chi connectivity index (χ2n) is 7.17. The van der Waals surface area contributed by atoms with Crippen LogP contribution in [0.3, 0.4) is 0 Å². The van der Waals surface area contributed by atoms with Crippen molar-refractivity contribution in [2.75, 3.05) is 11.9 Å². The number of hydrogen-bond acceptors (Lipinski definition) is 4. The Balaban J connectivity index is 1.56. The van der Waals surface area contributed by atoms with E-state index in [-0.39, 0.29) is 5.91 Å². The second-order valence-corrected chi connectivity index (χ2v) is 7.17. The molecule has 27 heavy (non-hydrogen) atoms. The van der Waals surface area contributed by atoms with Gasteiger partial charge in [-0.25, -0.2) is 9.97 Å². The summed E-state index contributed by atoms with van der Waals surface area (Å²) in [6.07, 6.45) is 8.35. The fourth-order valence-corrected chi connectivity index (χ4v) is 3.33. The predicted octanol–water partition coefficient (Wildman–Crippen LogP) is 4.33. The number of amides is 1. The van der Waals surface area contributed by atoms with Crippen LogP contribution >= 0.6 is 0 Å². The Hall–Kier alpha value is -2.69. The highest BCUT2D eigenvalue weighted by molar-refractivity contribution is 5.92. The monoisotopic (exact) mass is 364 g/mol. The van der Waals surface area contributed by atoms with Crippen molar-refractivity contribution in [3.8, 4) is 0 Å². The molecule has 1 heterocycles. The maximum Gasteiger partial charge on any atom is 0.270 e. The van der Waals surface area contributed by atoms with Gasteiger partial charge in [-0.3, -0.25) is 4.79 Å². The summed E-state index contributed by atoms with van der Waals surface area (Å²) in [6, 6.07) is 9.83. The number of aryl methyl sites for hydroxylation is 2. The Morgan fingerprint density at radius 3 is 2.81 bits per heavy atom. The van der Waals surface area contributed by atoms with Gasteiger partial charge in [0.2, 0.25) is 5.95 Å². The zero-order chi connectivity index (χ0) is 19.1. The average Bonchev–Trinajstić information content (AvgIpc) is 2.66. The van der Waals surface area contributed by atoms with Crippen LogP contribution in [0.2, 0.25) is 0 Å². The first-order valence-corrected chi connectivity index (χ1v) is 9.71. The molecule has 0 saturated heterocycles. The summed E-state index contributed by atoms with van der Waals surface area (Å²) < 4.78 is 0. The molecule has 1 aromatic carbocycles. The molecular weight excluding hydrogens is 336 g/mol. The summed E-state index contributed by atoms with van der Waals surface area (Å²) in [5, 5.41) is 6.20. The molecule has 2 N–H and O–H groups in total. The molecule has 0 radical (unpaired) electrons. The summed E-state index contributed by atoms with van der Waals surface area (Å²) in [7, 11) is 0. The van der Waals surface area contributed by atoms with E-state index in [4.69, 9.17) is 0 Å². The molecule has 1 aliphatic rings. The van der Waals surface area contributed by atoms with Gasteiger partial charge >= 0.3 is 0 Å². The van der Waals surface area contributed by atoms with Crippen LogP contribution in [0.15, 0.2) is 42.0 Å². The van der Waals surface area contributed by atoms with Crippen LogP contribution < -0.4 is 10.6 Å². The van der Waals surface area contributed by atoms with E-state index in [1.54, 1.807) is 6.07 Å². The van der Waals surface area contributed by atoms with Gasteiger partial charge in [0, 0.05) is 18.8 Å². The zero-order valence-electron chi connectivity index (χ0n) is 16.2. The number of rotatable bonds is 7. The van der Waals surface area contributed by atoms with Gasteiger partial charge in [0.1, 0.15) is 5.69 Å². The second kappa shape index (κ2) is 9.31. The maximum atomic E-state index is 12.5. The molecular formula is C22H28N4O. The van der Waals surface area contributed by atoms with E-state index >= 15 is 0 Å². The van der Waals surface area contributed by atoms with E-state index in [0.717, 1.165) is 24.2 Å². The maximum absolute atomic E-state index is 12.5. The molecule has 5 nitrogen and oxygen atoms in total. The number of carbonyl (C=O) groups is 1. The smallest absolute Gasteiger partial charge is 0.270 e. The number of nitrogens with one attached hydrogen (secondary N) is 2. The first-order chi connectivity index (χ1) is 13.1. The van der Waals surface area contributed by atoms with Crippen molar-refractivity contribution < 1.29 is 4.79 Å². The molecule has 3 rings (SSSR count). The van der Waals surface area contributed by atoms with Crippen molar-refractivity contribution in [2.45, 2.75) is 52.5 Å². The Kier molecular flexibility index (Phi) is 6.58. The van der Waals surface area contributed by atoms with Crippen molar-refractivity contribution in [1.29, 1.82) is 0 Å². The number of aromatic nitrogens is 2. The SMILES string of the molecule is Cc1cccc(CNC(=O)c2cc(C)nc(NCCC3=CCCCC3)n2)c1. The van der Waals surface area contributed by atoms with E-state index in [9.17, 15) is 4.79 Å². The van der Waals surface area contributed by atoms with Crippen LogP contribution in [0, 0.1) is 13.8 Å². The Bertz CT molecular complexity index is 829. The molecule has 5 heteroatoms. The lowest BCUT2D eigenvalue weighted by atomic mass is 9.97. The van der Waals surface area contributed by atoms with E-state index in [2.05, 4.69) is 32.7 Å². The van der Waals surface area contributed by atoms with Gasteiger partial charge in [0.05, 0.1) is 0 Å². The summed E-state index contributed by atoms with van der Waals surface area (Å²) in [6.45, 7) is 5.20. The highest BCUT2D eigenvalue weighted by atomic mass is 16.1. The zero-order valence-corrected chi connectivity index (χ0v) is 16.2. The van der Waals surface area contributed by atoms with E-state index < -0.39 is 0 Å². The Labute approximate surface area is 161 Å². The van der Waals surface area contributed by atoms with Gasteiger partial charge in [0.25, 0.3) is 5.91 Å². The van der Waals surface area contributed by atoms with Crippen molar-refractivity contribution in [2.24, 2.45) is 0 Å². The van der Waals surface area contributed by atoms with Crippen molar-refractivity contribution >= 4 is 11.9 Å². The Morgan fingerprint density at radius 2 is 2.04 bits per heavy atom. The third-order valence-corrected chi connectivity index (χ3v) is 4.74. The largest absolute Gasteiger partial charge is 0.354 e. The molecule has 0 unspecified atom stereocenters. The van der Waals surface area contributed by atoms with Crippen LogP contribution in [0.25, 0.3) is 0 Å². The van der Waals surface area contributed by atoms with Gasteiger partial charge < -0.3 is 10.6 Å². The van der Waals surface area contributed by atoms with Crippen molar-refractivity contribution in [1.82, 2.24) is 15.3 Å². The minimum absolute atomic E-state index is 0.181. The summed E-state index contributed by atoms with van der Waals surface area (Å²) in [5.74, 6) is 0.340. The average molecular weight is 364 g/mol. The molecule has 1 aromatic heterocycles. The van der Waals surface area contributed by atoms with E-state index in [0.29, 0.717) is 18.2 Å². The quantitative estimate of drug-likeness (QED) is 0.718. The lowest BCUT2D eigenvalue weighted by Gasteiger charge is -2.13. The molecule has 0 atom stereocenters. The Morgan fingerprint density at radius 1 is 1.15 bits per heavy atom. The number of carbonyl (C=O) groups excluding carboxylic acids is 1. The third-order valence-electron chi connectivity index (χ3n) is 4.74. The van der Waals surface area contributed by atoms with Crippen LogP contribution in [0.1, 0.15) is 59.4 Å². The van der Waals surface area contributed by atoms with Gasteiger partial charge in [0.15, 0.2) is 0 Å². The molecule has 0 spiro atoms. The molecule has 2 aromatic rings. The van der Waals surface area contributed by atoms with Gasteiger partial charge in [-0.15, -0.1) is 0 Å². The molecule has 0 fully saturated rings. The normalized spacial score (nSPS) is 13.8. The topological polar surface area (TPSA) is 66.9 Å². The van der Waals surface area contributed by atoms with Crippen LogP contribution in [-0.2, 0) is 6.54 Å². The summed E-state index contributed by atoms with van der Waals surface area (Å²) in [4.78, 5) is 21.3. The molecule has 1 aliphatic carbocycles. The highest BCUT2D eigenvalue weighted by Gasteiger charge is 2.11. The summed E-state index contributed by atoms with van der Waals surface area (Å²) in [5.41, 5.74) is 4.95. The van der Waals surface area contributed by atoms with Crippen LogP contribution in [0.5, 0.6) is 0 Å². The lowest BCUT2D eigenvalue weighted by Crippen LogP contribution is -2.24. The van der Waals surface area contributed by atoms with Crippen LogP contribution in [-0.4, -0.2) is 22.4 Å². The number of hydrogen-bond donors (Lipinski definition) is 2. The third kappa shape index (κ3) is 5.91. The minimum Gasteiger partial charge on any atom is -0.354 e. The predicted molar refractivity (Wildman–Crippen MR) is 109 cm³/mol. The van der Waals surface area contributed by atoms with Crippen molar-refractivity contribution in [3.63, 3.8) is 0 Å². The van der Waals surface area contributed by atoms with Crippen LogP contribution in [0.4, 0.5) is 5.95 Å². The first kappa shape index (κ1) is 19.1. The van der Waals surface area contributed by atoms with Gasteiger partial charge in [-0.05, 0) is 57.6 Å². The van der Waals surface area contributed by atoms with E-state index in [1.165, 1.54) is 36.8 Å². The lowest BCUT2D eigenvalue weighted by molar-refractivity contribution is 0.0945. The minimum atomic E-state index is -0.181. The van der Waals surface area contributed by atoms with Gasteiger partial charge in [-0.2, -0.15) is 0 Å². The number of benzene rings is 1. The number of nitrogens with zero attached hydrogens (tertiary/aromatic N) is 2. The fourth-order valence-electron chi connectivity index (χ4n) is 3.33. The fraction of sp³-hybridized carbons (Fsp3) is 0.409. The summed E-state index contributed by atoms with van der Waals surface area (Å²) >= 11 is 0.